The summed E-state index contributed by atoms with van der Waals surface area (Å²) in [5.74, 6) is 1.29. The lowest BCUT2D eigenvalue weighted by Gasteiger charge is -2.40. The third kappa shape index (κ3) is 5.07. The van der Waals surface area contributed by atoms with Gasteiger partial charge in [0, 0.05) is 30.6 Å². The van der Waals surface area contributed by atoms with E-state index in [0.717, 1.165) is 30.0 Å². The van der Waals surface area contributed by atoms with Crippen molar-refractivity contribution in [1.82, 2.24) is 9.88 Å². The minimum atomic E-state index is -0.776. The topological polar surface area (TPSA) is 93.6 Å². The van der Waals surface area contributed by atoms with Crippen molar-refractivity contribution in [3.05, 3.63) is 47.7 Å². The molecule has 0 bridgehead atoms. The number of likely N-dealkylation sites (tertiary alicyclic amines) is 1. The zero-order valence-electron chi connectivity index (χ0n) is 23.1. The van der Waals surface area contributed by atoms with Crippen LogP contribution >= 0.6 is 0 Å². The first-order valence-electron chi connectivity index (χ1n) is 13.3. The molecule has 3 aliphatic rings. The molecule has 1 aromatic carbocycles. The Morgan fingerprint density at radius 3 is 2.53 bits per heavy atom. The van der Waals surface area contributed by atoms with E-state index in [1.54, 1.807) is 18.9 Å². The maximum absolute atomic E-state index is 13.3. The van der Waals surface area contributed by atoms with Crippen LogP contribution in [0.2, 0.25) is 0 Å². The Kier molecular flexibility index (Phi) is 7.04. The molecule has 1 N–H and O–H groups in total. The molecule has 0 radical (unpaired) electrons. The highest BCUT2D eigenvalue weighted by molar-refractivity contribution is 5.82. The first-order valence-corrected chi connectivity index (χ1v) is 13.3. The normalized spacial score (nSPS) is 27.8. The summed E-state index contributed by atoms with van der Waals surface area (Å²) >= 11 is 0. The zero-order chi connectivity index (χ0) is 27.2. The number of benzene rings is 1. The molecule has 0 aliphatic carbocycles. The Bertz CT molecular complexity index is 1160. The van der Waals surface area contributed by atoms with Crippen LogP contribution in [0.3, 0.4) is 0 Å². The third-order valence-corrected chi connectivity index (χ3v) is 8.23. The first kappa shape index (κ1) is 26.7. The second-order valence-electron chi connectivity index (χ2n) is 11.5. The van der Waals surface area contributed by atoms with Crippen LogP contribution in [-0.2, 0) is 14.3 Å². The van der Waals surface area contributed by atoms with Gasteiger partial charge in [-0.25, -0.2) is 4.98 Å². The summed E-state index contributed by atoms with van der Waals surface area (Å²) < 4.78 is 23.4. The summed E-state index contributed by atoms with van der Waals surface area (Å²) in [6.07, 6.45) is 0.616. The van der Waals surface area contributed by atoms with E-state index in [-0.39, 0.29) is 24.5 Å². The number of methoxy groups -OCH3 is 1. The van der Waals surface area contributed by atoms with Crippen molar-refractivity contribution >= 4 is 11.7 Å². The first-order chi connectivity index (χ1) is 18.0. The number of amides is 1. The molecule has 4 heterocycles. The van der Waals surface area contributed by atoms with Crippen molar-refractivity contribution in [3.63, 3.8) is 0 Å². The standard InChI is InChI=1S/C29H39N3O6/c1-18-7-10-26(30-12-18)31-13-21(14-31)37-24-11-20(8-9-23(24)35-6)22-15-32(17-29(22,5)19(2)33)27(34)25-16-36-28(3,4)38-25/h7-12,19,21-22,25,33H,13-17H2,1-6H3/t19-,22-,25+,29+/m1/s1. The van der Waals surface area contributed by atoms with Crippen LogP contribution in [0.1, 0.15) is 44.7 Å². The Morgan fingerprint density at radius 2 is 1.92 bits per heavy atom. The molecule has 0 spiro atoms. The Balaban J connectivity index is 1.32. The highest BCUT2D eigenvalue weighted by atomic mass is 16.7. The summed E-state index contributed by atoms with van der Waals surface area (Å²) in [5, 5.41) is 10.8. The van der Waals surface area contributed by atoms with Gasteiger partial charge in [-0.3, -0.25) is 4.79 Å². The number of aromatic nitrogens is 1. The van der Waals surface area contributed by atoms with Gasteiger partial charge in [-0.15, -0.1) is 0 Å². The number of aliphatic hydroxyl groups excluding tert-OH is 1. The molecular weight excluding hydrogens is 486 g/mol. The smallest absolute Gasteiger partial charge is 0.254 e. The molecule has 3 saturated heterocycles. The molecule has 0 unspecified atom stereocenters. The second-order valence-corrected chi connectivity index (χ2v) is 11.5. The summed E-state index contributed by atoms with van der Waals surface area (Å²) in [6.45, 7) is 12.1. The van der Waals surface area contributed by atoms with E-state index in [1.165, 1.54) is 0 Å². The van der Waals surface area contributed by atoms with Crippen LogP contribution in [0.5, 0.6) is 11.5 Å². The van der Waals surface area contributed by atoms with Gasteiger partial charge in [0.1, 0.15) is 11.9 Å². The van der Waals surface area contributed by atoms with E-state index in [4.69, 9.17) is 18.9 Å². The number of aryl methyl sites for hydroxylation is 1. The Hall–Kier alpha value is -2.88. The van der Waals surface area contributed by atoms with Crippen LogP contribution in [0, 0.1) is 12.3 Å². The monoisotopic (exact) mass is 525 g/mol. The highest BCUT2D eigenvalue weighted by Crippen LogP contribution is 2.47. The van der Waals surface area contributed by atoms with Crippen molar-refractivity contribution < 1.29 is 28.8 Å². The van der Waals surface area contributed by atoms with E-state index in [2.05, 4.69) is 16.0 Å². The summed E-state index contributed by atoms with van der Waals surface area (Å²) in [5.41, 5.74) is 1.59. The number of carbonyl (C=O) groups excluding carboxylic acids is 1. The zero-order valence-corrected chi connectivity index (χ0v) is 23.1. The van der Waals surface area contributed by atoms with Crippen molar-refractivity contribution in [2.75, 3.05) is 44.8 Å². The maximum atomic E-state index is 13.3. The van der Waals surface area contributed by atoms with Gasteiger partial charge in [-0.2, -0.15) is 0 Å². The number of nitrogens with zero attached hydrogens (tertiary/aromatic N) is 3. The fraction of sp³-hybridized carbons (Fsp3) is 0.586. The van der Waals surface area contributed by atoms with Gasteiger partial charge in [-0.1, -0.05) is 19.1 Å². The van der Waals surface area contributed by atoms with Crippen molar-refractivity contribution in [1.29, 1.82) is 0 Å². The molecule has 5 rings (SSSR count). The number of anilines is 1. The van der Waals surface area contributed by atoms with Gasteiger partial charge in [0.05, 0.1) is 32.9 Å². The van der Waals surface area contributed by atoms with E-state index in [0.29, 0.717) is 24.6 Å². The van der Waals surface area contributed by atoms with Crippen LogP contribution in [0.15, 0.2) is 36.5 Å². The fourth-order valence-corrected chi connectivity index (χ4v) is 5.63. The lowest BCUT2D eigenvalue weighted by molar-refractivity contribution is -0.159. The maximum Gasteiger partial charge on any atom is 0.254 e. The average molecular weight is 526 g/mol. The SMILES string of the molecule is COc1ccc([C@H]2CN(C(=O)[C@@H]3COC(C)(C)O3)C[C@@]2(C)[C@@H](C)O)cc1OC1CN(c2ccc(C)cn2)C1. The van der Waals surface area contributed by atoms with Gasteiger partial charge < -0.3 is 33.9 Å². The number of pyridine rings is 1. The van der Waals surface area contributed by atoms with E-state index in [9.17, 15) is 9.90 Å². The molecule has 3 fully saturated rings. The van der Waals surface area contributed by atoms with Gasteiger partial charge in [0.15, 0.2) is 23.4 Å². The van der Waals surface area contributed by atoms with Crippen LogP contribution in [0.4, 0.5) is 5.82 Å². The molecule has 0 saturated carbocycles. The van der Waals surface area contributed by atoms with Gasteiger partial charge in [0.2, 0.25) is 0 Å². The summed E-state index contributed by atoms with van der Waals surface area (Å²) in [4.78, 5) is 21.8. The molecule has 206 valence electrons. The number of hydrogen-bond donors (Lipinski definition) is 1. The van der Waals surface area contributed by atoms with Gasteiger partial charge >= 0.3 is 0 Å². The van der Waals surface area contributed by atoms with Crippen molar-refractivity contribution in [2.24, 2.45) is 5.41 Å². The molecule has 1 aromatic heterocycles. The number of hydrogen-bond acceptors (Lipinski definition) is 8. The lowest BCUT2D eigenvalue weighted by Crippen LogP contribution is -2.54. The minimum absolute atomic E-state index is 0.00919. The molecule has 38 heavy (non-hydrogen) atoms. The van der Waals surface area contributed by atoms with Crippen LogP contribution in [0.25, 0.3) is 0 Å². The summed E-state index contributed by atoms with van der Waals surface area (Å²) in [7, 11) is 1.63. The van der Waals surface area contributed by atoms with Crippen LogP contribution in [-0.4, -0.2) is 84.9 Å². The third-order valence-electron chi connectivity index (χ3n) is 8.23. The molecule has 1 amide bonds. The Morgan fingerprint density at radius 1 is 1.16 bits per heavy atom. The van der Waals surface area contributed by atoms with Crippen molar-refractivity contribution in [2.45, 2.75) is 64.6 Å². The molecule has 9 heteroatoms. The number of ether oxygens (including phenoxy) is 4. The highest BCUT2D eigenvalue weighted by Gasteiger charge is 2.50. The van der Waals surface area contributed by atoms with E-state index in [1.807, 2.05) is 58.2 Å². The quantitative estimate of drug-likeness (QED) is 0.590. The summed E-state index contributed by atoms with van der Waals surface area (Å²) in [6, 6.07) is 10.0. The molecule has 9 nitrogen and oxygen atoms in total. The molecule has 4 atom stereocenters. The molecule has 2 aromatic rings. The number of aliphatic hydroxyl groups is 1. The van der Waals surface area contributed by atoms with Crippen LogP contribution < -0.4 is 14.4 Å². The Labute approximate surface area is 224 Å². The molecule has 3 aliphatic heterocycles. The fourth-order valence-electron chi connectivity index (χ4n) is 5.63. The predicted octanol–water partition coefficient (Wildman–Crippen LogP) is 3.13. The van der Waals surface area contributed by atoms with E-state index < -0.39 is 23.4 Å². The predicted molar refractivity (Wildman–Crippen MR) is 143 cm³/mol. The van der Waals surface area contributed by atoms with Crippen molar-refractivity contribution in [3.8, 4) is 11.5 Å². The van der Waals surface area contributed by atoms with Gasteiger partial charge in [-0.05, 0) is 57.0 Å². The van der Waals surface area contributed by atoms with Gasteiger partial charge in [0.25, 0.3) is 5.91 Å². The lowest BCUT2D eigenvalue weighted by atomic mass is 9.72. The number of carbonyl (C=O) groups is 1. The number of rotatable bonds is 7. The molecular formula is C29H39N3O6. The van der Waals surface area contributed by atoms with E-state index >= 15 is 0 Å². The largest absolute Gasteiger partial charge is 0.493 e. The second kappa shape index (κ2) is 10.0. The average Bonchev–Trinajstić information content (AvgIpc) is 3.41. The minimum Gasteiger partial charge on any atom is -0.493 e.